The Morgan fingerprint density at radius 3 is 2.89 bits per heavy atom. The Labute approximate surface area is 168 Å². The van der Waals surface area contributed by atoms with Gasteiger partial charge in [0.05, 0.1) is 5.69 Å². The zero-order valence-corrected chi connectivity index (χ0v) is 16.5. The number of nitrogens with one attached hydrogen (secondary N) is 2. The van der Waals surface area contributed by atoms with E-state index in [1.54, 1.807) is 6.20 Å². The van der Waals surface area contributed by atoms with Gasteiger partial charge in [-0.3, -0.25) is 19.8 Å². The van der Waals surface area contributed by atoms with Crippen molar-refractivity contribution in [1.29, 1.82) is 0 Å². The molecule has 1 unspecified atom stereocenters. The van der Waals surface area contributed by atoms with Gasteiger partial charge in [0.15, 0.2) is 5.82 Å². The second-order valence-corrected chi connectivity index (χ2v) is 8.75. The highest BCUT2D eigenvalue weighted by Crippen LogP contribution is 2.43. The van der Waals surface area contributed by atoms with E-state index in [2.05, 4.69) is 37.5 Å². The number of hydrogen-bond donors (Lipinski definition) is 2. The van der Waals surface area contributed by atoms with Crippen LogP contribution in [0.25, 0.3) is 11.3 Å². The summed E-state index contributed by atoms with van der Waals surface area (Å²) in [6.07, 6.45) is 7.99. The fourth-order valence-electron chi connectivity index (χ4n) is 4.23. The van der Waals surface area contributed by atoms with Crippen molar-refractivity contribution >= 4 is 23.1 Å². The average molecular weight is 394 g/mol. The van der Waals surface area contributed by atoms with Crippen LogP contribution in [0.15, 0.2) is 36.7 Å². The van der Waals surface area contributed by atoms with Crippen LogP contribution in [-0.2, 0) is 11.3 Å². The van der Waals surface area contributed by atoms with Crippen LogP contribution in [-0.4, -0.2) is 39.1 Å². The van der Waals surface area contributed by atoms with Gasteiger partial charge in [-0.1, -0.05) is 6.42 Å². The molecule has 28 heavy (non-hydrogen) atoms. The van der Waals surface area contributed by atoms with Crippen LogP contribution in [0.5, 0.6) is 0 Å². The van der Waals surface area contributed by atoms with Crippen LogP contribution in [0.4, 0.5) is 5.82 Å². The number of hydrogen-bond acceptors (Lipinski definition) is 5. The summed E-state index contributed by atoms with van der Waals surface area (Å²) in [4.78, 5) is 21.7. The van der Waals surface area contributed by atoms with Crippen molar-refractivity contribution in [3.8, 4) is 11.3 Å². The molecule has 5 rings (SSSR count). The highest BCUT2D eigenvalue weighted by molar-refractivity contribution is 7.12. The van der Waals surface area contributed by atoms with Crippen LogP contribution in [0.1, 0.15) is 46.9 Å². The van der Waals surface area contributed by atoms with E-state index >= 15 is 0 Å². The number of piperidine rings is 1. The van der Waals surface area contributed by atoms with Crippen molar-refractivity contribution in [3.05, 3.63) is 52.0 Å². The van der Waals surface area contributed by atoms with Gasteiger partial charge in [-0.05, 0) is 50.2 Å². The predicted octanol–water partition coefficient (Wildman–Crippen LogP) is 3.99. The number of rotatable bonds is 4. The van der Waals surface area contributed by atoms with Crippen molar-refractivity contribution < 1.29 is 4.79 Å². The minimum absolute atomic E-state index is 0.0210. The lowest BCUT2D eigenvalue weighted by molar-refractivity contribution is -0.116. The molecule has 3 aromatic rings. The third kappa shape index (κ3) is 3.36. The number of carbonyl (C=O) groups is 1. The maximum Gasteiger partial charge on any atom is 0.226 e. The number of amides is 1. The van der Waals surface area contributed by atoms with E-state index in [1.807, 2.05) is 29.7 Å². The first-order chi connectivity index (χ1) is 13.8. The van der Waals surface area contributed by atoms with Gasteiger partial charge >= 0.3 is 0 Å². The lowest BCUT2D eigenvalue weighted by Crippen LogP contribution is -2.28. The number of anilines is 1. The molecule has 1 fully saturated rings. The molecular formula is C21H23N5OS. The predicted molar refractivity (Wildman–Crippen MR) is 110 cm³/mol. The molecule has 1 amide bonds. The van der Waals surface area contributed by atoms with E-state index in [0.29, 0.717) is 12.2 Å². The van der Waals surface area contributed by atoms with Crippen molar-refractivity contribution in [3.63, 3.8) is 0 Å². The van der Waals surface area contributed by atoms with Crippen molar-refractivity contribution in [2.45, 2.75) is 38.1 Å². The molecule has 2 aliphatic heterocycles. The molecule has 0 aromatic carbocycles. The number of pyridine rings is 1. The molecule has 0 spiro atoms. The number of fused-ring (bicyclic) bond motifs is 1. The van der Waals surface area contributed by atoms with Crippen molar-refractivity contribution in [2.75, 3.05) is 18.4 Å². The molecule has 6 nitrogen and oxygen atoms in total. The first-order valence-electron chi connectivity index (χ1n) is 9.87. The Morgan fingerprint density at radius 1 is 1.18 bits per heavy atom. The second-order valence-electron chi connectivity index (χ2n) is 7.55. The Kier molecular flexibility index (Phi) is 4.70. The van der Waals surface area contributed by atoms with Gasteiger partial charge < -0.3 is 5.32 Å². The average Bonchev–Trinajstić information content (AvgIpc) is 3.36. The van der Waals surface area contributed by atoms with Crippen LogP contribution in [0, 0.1) is 0 Å². The zero-order chi connectivity index (χ0) is 18.9. The third-order valence-corrected chi connectivity index (χ3v) is 6.79. The molecule has 1 atom stereocenters. The lowest BCUT2D eigenvalue weighted by atomic mass is 9.89. The maximum absolute atomic E-state index is 12.3. The van der Waals surface area contributed by atoms with E-state index < -0.39 is 0 Å². The molecule has 0 aliphatic carbocycles. The van der Waals surface area contributed by atoms with E-state index in [4.69, 9.17) is 0 Å². The Morgan fingerprint density at radius 2 is 2.07 bits per heavy atom. The molecule has 0 bridgehead atoms. The van der Waals surface area contributed by atoms with Crippen LogP contribution in [0.3, 0.4) is 0 Å². The van der Waals surface area contributed by atoms with E-state index in [0.717, 1.165) is 23.4 Å². The van der Waals surface area contributed by atoms with Crippen LogP contribution < -0.4 is 5.32 Å². The summed E-state index contributed by atoms with van der Waals surface area (Å²) < 4.78 is 0. The molecule has 1 saturated heterocycles. The number of aromatic amines is 1. The minimum atomic E-state index is 0.0210. The van der Waals surface area contributed by atoms with Crippen molar-refractivity contribution in [1.82, 2.24) is 20.1 Å². The van der Waals surface area contributed by atoms with Gasteiger partial charge in [0, 0.05) is 52.2 Å². The molecule has 5 heterocycles. The number of nitrogens with zero attached hydrogens (tertiary/aromatic N) is 3. The fourth-order valence-corrected chi connectivity index (χ4v) is 5.40. The monoisotopic (exact) mass is 393 g/mol. The summed E-state index contributed by atoms with van der Waals surface area (Å²) in [6.45, 7) is 3.39. The summed E-state index contributed by atoms with van der Waals surface area (Å²) in [6, 6.07) is 8.35. The van der Waals surface area contributed by atoms with Gasteiger partial charge in [-0.2, -0.15) is 5.10 Å². The standard InChI is InChI=1S/C21H23N5OS/c27-18-11-16(17-7-6-15(28-17)13-26-9-2-1-3-10-26)19-20(24-25-21(19)23-18)14-5-4-8-22-12-14/h4-8,12,16H,1-3,9-11,13H2,(H2,23,24,25,27). The first kappa shape index (κ1) is 17.6. The van der Waals surface area contributed by atoms with E-state index in [1.165, 1.54) is 42.1 Å². The molecule has 2 N–H and O–H groups in total. The summed E-state index contributed by atoms with van der Waals surface area (Å²) in [5, 5.41) is 10.4. The normalized spacial score (nSPS) is 20.0. The van der Waals surface area contributed by atoms with E-state index in [-0.39, 0.29) is 11.8 Å². The summed E-state index contributed by atoms with van der Waals surface area (Å²) in [7, 11) is 0. The molecular weight excluding hydrogens is 370 g/mol. The zero-order valence-electron chi connectivity index (χ0n) is 15.6. The summed E-state index contributed by atoms with van der Waals surface area (Å²) in [5.74, 6) is 0.691. The van der Waals surface area contributed by atoms with E-state index in [9.17, 15) is 4.79 Å². The van der Waals surface area contributed by atoms with Gasteiger partial charge in [-0.25, -0.2) is 0 Å². The number of likely N-dealkylation sites (tertiary alicyclic amines) is 1. The first-order valence-corrected chi connectivity index (χ1v) is 10.7. The van der Waals surface area contributed by atoms with Gasteiger partial charge in [0.25, 0.3) is 0 Å². The minimum Gasteiger partial charge on any atom is -0.309 e. The molecule has 0 radical (unpaired) electrons. The highest BCUT2D eigenvalue weighted by Gasteiger charge is 2.33. The molecule has 2 aliphatic rings. The van der Waals surface area contributed by atoms with Gasteiger partial charge in [-0.15, -0.1) is 11.3 Å². The van der Waals surface area contributed by atoms with Gasteiger partial charge in [0.1, 0.15) is 0 Å². The summed E-state index contributed by atoms with van der Waals surface area (Å²) >= 11 is 1.83. The van der Waals surface area contributed by atoms with Crippen LogP contribution >= 0.6 is 11.3 Å². The molecule has 144 valence electrons. The van der Waals surface area contributed by atoms with Gasteiger partial charge in [0.2, 0.25) is 5.91 Å². The van der Waals surface area contributed by atoms with Crippen molar-refractivity contribution in [2.24, 2.45) is 0 Å². The molecule has 3 aromatic heterocycles. The Hall–Kier alpha value is -2.51. The Bertz CT molecular complexity index is 974. The number of aromatic nitrogens is 3. The smallest absolute Gasteiger partial charge is 0.226 e. The molecule has 7 heteroatoms. The second kappa shape index (κ2) is 7.48. The number of H-pyrrole nitrogens is 1. The lowest BCUT2D eigenvalue weighted by Gasteiger charge is -2.25. The molecule has 0 saturated carbocycles. The third-order valence-electron chi connectivity index (χ3n) is 5.60. The SMILES string of the molecule is O=C1CC(c2ccc(CN3CCCCC3)s2)c2c(n[nH]c2-c2cccnc2)N1. The topological polar surface area (TPSA) is 73.9 Å². The summed E-state index contributed by atoms with van der Waals surface area (Å²) in [5.41, 5.74) is 3.00. The largest absolute Gasteiger partial charge is 0.309 e. The number of carbonyl (C=O) groups excluding carboxylic acids is 1. The maximum atomic E-state index is 12.3. The van der Waals surface area contributed by atoms with Crippen LogP contribution in [0.2, 0.25) is 0 Å². The Balaban J connectivity index is 1.47. The number of thiophene rings is 1. The highest BCUT2D eigenvalue weighted by atomic mass is 32.1. The quantitative estimate of drug-likeness (QED) is 0.703. The fraction of sp³-hybridized carbons (Fsp3) is 0.381.